The Labute approximate surface area is 171 Å². The highest BCUT2D eigenvalue weighted by Gasteiger charge is 2.55. The number of aryl methyl sites for hydroxylation is 1. The summed E-state index contributed by atoms with van der Waals surface area (Å²) in [4.78, 5) is 19.5. The highest BCUT2D eigenvalue weighted by Crippen LogP contribution is 2.43. The number of fused-ring (bicyclic) bond motifs is 1. The first-order valence-corrected chi connectivity index (χ1v) is 11.4. The summed E-state index contributed by atoms with van der Waals surface area (Å²) in [6.07, 6.45) is 2.56. The Balaban J connectivity index is 1.34. The van der Waals surface area contributed by atoms with Gasteiger partial charge in [0.05, 0.1) is 0 Å². The summed E-state index contributed by atoms with van der Waals surface area (Å²) in [6, 6.07) is 15.4. The molecule has 28 heavy (non-hydrogen) atoms. The van der Waals surface area contributed by atoms with Gasteiger partial charge < -0.3 is 15.1 Å². The second-order valence-electron chi connectivity index (χ2n) is 8.73. The van der Waals surface area contributed by atoms with Gasteiger partial charge in [-0.3, -0.25) is 4.79 Å². The van der Waals surface area contributed by atoms with Gasteiger partial charge in [-0.05, 0) is 29.9 Å². The molecule has 5 heterocycles. The van der Waals surface area contributed by atoms with E-state index in [-0.39, 0.29) is 17.4 Å². The number of nitrogens with zero attached hydrogens (tertiary/aromatic N) is 2. The third-order valence-electron chi connectivity index (χ3n) is 6.87. The van der Waals surface area contributed by atoms with Crippen LogP contribution in [0.2, 0.25) is 0 Å². The van der Waals surface area contributed by atoms with E-state index in [1.807, 2.05) is 0 Å². The zero-order valence-electron chi connectivity index (χ0n) is 16.3. The molecular weight excluding hydrogens is 366 g/mol. The molecule has 6 rings (SSSR count). The van der Waals surface area contributed by atoms with Crippen LogP contribution >= 0.6 is 11.3 Å². The SMILES string of the molecule is O=C(CCCc1cccs1)N[C@@H]1C2CN3CCN(C2)CC1(c1ccccc1)C3. The predicted octanol–water partition coefficient (Wildman–Crippen LogP) is 2.75. The first-order valence-electron chi connectivity index (χ1n) is 10.5. The van der Waals surface area contributed by atoms with E-state index in [0.29, 0.717) is 12.3 Å². The number of hydrogen-bond acceptors (Lipinski definition) is 4. The Morgan fingerprint density at radius 2 is 1.82 bits per heavy atom. The van der Waals surface area contributed by atoms with Gasteiger partial charge in [0, 0.05) is 67.9 Å². The summed E-state index contributed by atoms with van der Waals surface area (Å²) >= 11 is 1.79. The smallest absolute Gasteiger partial charge is 0.220 e. The molecule has 4 nitrogen and oxygen atoms in total. The number of carbonyl (C=O) groups excluding carboxylic acids is 1. The maximum Gasteiger partial charge on any atom is 0.220 e. The van der Waals surface area contributed by atoms with E-state index in [9.17, 15) is 4.79 Å². The van der Waals surface area contributed by atoms with E-state index in [0.717, 1.165) is 52.1 Å². The van der Waals surface area contributed by atoms with Crippen molar-refractivity contribution in [1.29, 1.82) is 0 Å². The van der Waals surface area contributed by atoms with E-state index in [1.165, 1.54) is 10.4 Å². The van der Waals surface area contributed by atoms with Gasteiger partial charge in [0.15, 0.2) is 0 Å². The number of benzene rings is 1. The average molecular weight is 396 g/mol. The molecule has 1 amide bonds. The average Bonchev–Trinajstić information content (AvgIpc) is 3.09. The van der Waals surface area contributed by atoms with E-state index < -0.39 is 0 Å². The third-order valence-corrected chi connectivity index (χ3v) is 7.80. The molecule has 2 unspecified atom stereocenters. The molecule has 148 valence electrons. The van der Waals surface area contributed by atoms with Crippen LogP contribution in [0.25, 0.3) is 0 Å². The normalized spacial score (nSPS) is 33.6. The standard InChI is InChI=1S/C23H29N3OS/c27-21(10-4-8-20-9-5-13-28-20)24-22-18-14-25-11-12-26(15-18)17-23(22,16-25)19-6-2-1-3-7-19/h1-3,5-7,9,13,18,22H,4,8,10-12,14-17H2,(H,24,27)/t18?,22-,23?/m1/s1. The summed E-state index contributed by atoms with van der Waals surface area (Å²) < 4.78 is 0. The first kappa shape index (κ1) is 18.3. The molecule has 4 fully saturated rings. The van der Waals surface area contributed by atoms with Crippen LogP contribution in [-0.2, 0) is 16.6 Å². The maximum absolute atomic E-state index is 12.9. The van der Waals surface area contributed by atoms with Gasteiger partial charge in [-0.25, -0.2) is 0 Å². The fourth-order valence-electron chi connectivity index (χ4n) is 5.69. The van der Waals surface area contributed by atoms with Crippen molar-refractivity contribution in [3.63, 3.8) is 0 Å². The fraction of sp³-hybridized carbons (Fsp3) is 0.522. The minimum atomic E-state index is 0.0162. The van der Waals surface area contributed by atoms with Gasteiger partial charge in [0.2, 0.25) is 5.91 Å². The van der Waals surface area contributed by atoms with Crippen molar-refractivity contribution >= 4 is 17.2 Å². The van der Waals surface area contributed by atoms with Gasteiger partial charge in [0.25, 0.3) is 0 Å². The van der Waals surface area contributed by atoms with Crippen LogP contribution in [0.1, 0.15) is 23.3 Å². The number of thiophene rings is 1. The zero-order valence-corrected chi connectivity index (χ0v) is 17.2. The molecule has 0 radical (unpaired) electrons. The van der Waals surface area contributed by atoms with Crippen molar-refractivity contribution in [1.82, 2.24) is 15.1 Å². The summed E-state index contributed by atoms with van der Waals surface area (Å²) in [7, 11) is 0. The van der Waals surface area contributed by atoms with Gasteiger partial charge in [-0.2, -0.15) is 0 Å². The topological polar surface area (TPSA) is 35.6 Å². The summed E-state index contributed by atoms with van der Waals surface area (Å²) in [5.74, 6) is 0.750. The van der Waals surface area contributed by atoms with Crippen LogP contribution in [-0.4, -0.2) is 61.0 Å². The van der Waals surface area contributed by atoms with E-state index in [4.69, 9.17) is 0 Å². The van der Waals surface area contributed by atoms with Crippen molar-refractivity contribution in [2.24, 2.45) is 5.92 Å². The van der Waals surface area contributed by atoms with Crippen molar-refractivity contribution in [2.45, 2.75) is 30.7 Å². The second kappa shape index (κ2) is 7.62. The number of amides is 1. The molecule has 5 heteroatoms. The van der Waals surface area contributed by atoms with Gasteiger partial charge in [-0.1, -0.05) is 36.4 Å². The van der Waals surface area contributed by atoms with Gasteiger partial charge in [-0.15, -0.1) is 11.3 Å². The molecule has 4 bridgehead atoms. The molecule has 1 aromatic heterocycles. The van der Waals surface area contributed by atoms with Crippen LogP contribution in [0.15, 0.2) is 47.8 Å². The van der Waals surface area contributed by atoms with Crippen LogP contribution in [0, 0.1) is 5.92 Å². The van der Waals surface area contributed by atoms with Crippen molar-refractivity contribution in [3.8, 4) is 0 Å². The molecule has 0 spiro atoms. The summed E-state index contributed by atoms with van der Waals surface area (Å²) in [6.45, 7) is 6.67. The lowest BCUT2D eigenvalue weighted by molar-refractivity contribution is -0.124. The minimum Gasteiger partial charge on any atom is -0.352 e. The largest absolute Gasteiger partial charge is 0.352 e. The van der Waals surface area contributed by atoms with E-state index in [2.05, 4.69) is 63.0 Å². The highest BCUT2D eigenvalue weighted by molar-refractivity contribution is 7.09. The van der Waals surface area contributed by atoms with Crippen molar-refractivity contribution in [3.05, 3.63) is 58.3 Å². The van der Waals surface area contributed by atoms with Crippen LogP contribution in [0.5, 0.6) is 0 Å². The predicted molar refractivity (Wildman–Crippen MR) is 114 cm³/mol. The Hall–Kier alpha value is -1.69. The maximum atomic E-state index is 12.9. The molecule has 3 atom stereocenters. The van der Waals surface area contributed by atoms with E-state index >= 15 is 0 Å². The lowest BCUT2D eigenvalue weighted by atomic mass is 9.64. The number of rotatable bonds is 6. The Bertz CT molecular complexity index is 791. The fourth-order valence-corrected chi connectivity index (χ4v) is 6.44. The van der Waals surface area contributed by atoms with Crippen molar-refractivity contribution < 1.29 is 4.79 Å². The van der Waals surface area contributed by atoms with Crippen LogP contribution in [0.4, 0.5) is 0 Å². The number of hydrogen-bond donors (Lipinski definition) is 1. The molecule has 0 aliphatic carbocycles. The molecule has 2 aromatic rings. The zero-order chi connectivity index (χ0) is 19.0. The molecule has 4 aliphatic rings. The van der Waals surface area contributed by atoms with Gasteiger partial charge in [0.1, 0.15) is 0 Å². The van der Waals surface area contributed by atoms with Gasteiger partial charge >= 0.3 is 0 Å². The molecule has 4 aliphatic heterocycles. The summed E-state index contributed by atoms with van der Waals surface area (Å²) in [5, 5.41) is 5.63. The number of piperidine rings is 2. The van der Waals surface area contributed by atoms with Crippen molar-refractivity contribution in [2.75, 3.05) is 39.3 Å². The second-order valence-corrected chi connectivity index (χ2v) is 9.76. The Morgan fingerprint density at radius 1 is 1.07 bits per heavy atom. The number of carbonyl (C=O) groups is 1. The lowest BCUT2D eigenvalue weighted by Crippen LogP contribution is -2.70. The Kier molecular flexibility index (Phi) is 4.99. The first-order chi connectivity index (χ1) is 13.7. The highest BCUT2D eigenvalue weighted by atomic mass is 32.1. The third kappa shape index (κ3) is 3.40. The molecular formula is C23H29N3OS. The van der Waals surface area contributed by atoms with Crippen LogP contribution < -0.4 is 5.32 Å². The minimum absolute atomic E-state index is 0.0162. The monoisotopic (exact) mass is 395 g/mol. The summed E-state index contributed by atoms with van der Waals surface area (Å²) in [5.41, 5.74) is 1.41. The van der Waals surface area contributed by atoms with Crippen LogP contribution in [0.3, 0.4) is 0 Å². The van der Waals surface area contributed by atoms with E-state index in [1.54, 1.807) is 11.3 Å². The Morgan fingerprint density at radius 3 is 2.50 bits per heavy atom. The molecule has 1 N–H and O–H groups in total. The lowest BCUT2D eigenvalue weighted by Gasteiger charge is -2.55. The number of nitrogens with one attached hydrogen (secondary N) is 1. The molecule has 1 aromatic carbocycles. The molecule has 4 saturated heterocycles. The quantitative estimate of drug-likeness (QED) is 0.817. The molecule has 0 saturated carbocycles.